The second-order valence-corrected chi connectivity index (χ2v) is 0.779. The van der Waals surface area contributed by atoms with Crippen LogP contribution >= 0.6 is 0 Å². The summed E-state index contributed by atoms with van der Waals surface area (Å²) in [5.41, 5.74) is 0. The molecule has 0 spiro atoms. The Kier molecular flexibility index (Phi) is 8.79. The van der Waals surface area contributed by atoms with Crippen LogP contribution in [-0.2, 0) is 35.4 Å². The van der Waals surface area contributed by atoms with Crippen LogP contribution in [0.3, 0.4) is 0 Å². The molecular weight excluding hydrogens is 158 g/mol. The molecule has 0 rings (SSSR count). The van der Waals surface area contributed by atoms with Gasteiger partial charge in [0.15, 0.2) is 0 Å². The van der Waals surface area contributed by atoms with Gasteiger partial charge in [0, 0.05) is 0 Å². The van der Waals surface area contributed by atoms with Crippen molar-refractivity contribution in [1.82, 2.24) is 0 Å². The maximum absolute atomic E-state index is 8.52. The predicted octanol–water partition coefficient (Wildman–Crippen LogP) is -2.50. The number of hydrogen-bond donors (Lipinski definition) is 0. The van der Waals surface area contributed by atoms with Crippen molar-refractivity contribution in [3.8, 4) is 0 Å². The maximum atomic E-state index is 8.52. The first-order valence-corrected chi connectivity index (χ1v) is 1.91. The molecule has 32 valence electrons. The van der Waals surface area contributed by atoms with Crippen LogP contribution in [0.15, 0.2) is 0 Å². The van der Waals surface area contributed by atoms with E-state index in [1.807, 2.05) is 0 Å². The third kappa shape index (κ3) is 62.9. The van der Waals surface area contributed by atoms with E-state index in [1.54, 1.807) is 0 Å². The van der Waals surface area contributed by atoms with E-state index < -0.39 is 14.5 Å². The SMILES string of the molecule is [Mn+2].[O]=[Mn]([O-])[O-]. The van der Waals surface area contributed by atoms with Crippen molar-refractivity contribution in [1.29, 1.82) is 0 Å². The zero-order valence-corrected chi connectivity index (χ0v) is 4.34. The van der Waals surface area contributed by atoms with E-state index in [0.29, 0.717) is 0 Å². The van der Waals surface area contributed by atoms with Crippen LogP contribution < -0.4 is 8.38 Å². The van der Waals surface area contributed by atoms with E-state index in [9.17, 15) is 0 Å². The fourth-order valence-corrected chi connectivity index (χ4v) is 0. The Morgan fingerprint density at radius 1 is 1.40 bits per heavy atom. The molecule has 0 unspecified atom stereocenters. The molecule has 0 N–H and O–H groups in total. The quantitative estimate of drug-likeness (QED) is 0.366. The monoisotopic (exact) mass is 158 g/mol. The van der Waals surface area contributed by atoms with Crippen LogP contribution in [0.1, 0.15) is 0 Å². The molecule has 0 aromatic rings. The van der Waals surface area contributed by atoms with Crippen LogP contribution in [0, 0.1) is 0 Å². The zero-order chi connectivity index (χ0) is 3.58. The van der Waals surface area contributed by atoms with Gasteiger partial charge in [0.1, 0.15) is 0 Å². The summed E-state index contributed by atoms with van der Waals surface area (Å²) in [7, 11) is 0. The van der Waals surface area contributed by atoms with Crippen molar-refractivity contribution in [2.45, 2.75) is 0 Å². The molecule has 0 saturated heterocycles. The van der Waals surface area contributed by atoms with Crippen molar-refractivity contribution in [2.24, 2.45) is 0 Å². The van der Waals surface area contributed by atoms with E-state index in [1.165, 1.54) is 0 Å². The summed E-state index contributed by atoms with van der Waals surface area (Å²) in [6, 6.07) is 0. The molecule has 0 heterocycles. The standard InChI is InChI=1S/2Mn.3O/q;+2;;2*-1. The average Bonchev–Trinajstić information content (AvgIpc) is 0.811. The van der Waals surface area contributed by atoms with Crippen molar-refractivity contribution in [3.63, 3.8) is 0 Å². The topological polar surface area (TPSA) is 63.2 Å². The fraction of sp³-hybridized carbons (Fsp3) is 0. The van der Waals surface area contributed by atoms with Crippen molar-refractivity contribution < 1.29 is 43.8 Å². The molecule has 3 nitrogen and oxygen atoms in total. The molecular formula is Mn2O3. The van der Waals surface area contributed by atoms with Gasteiger partial charge in [0.05, 0.1) is 0 Å². The van der Waals surface area contributed by atoms with Crippen LogP contribution in [0.5, 0.6) is 0 Å². The van der Waals surface area contributed by atoms with Crippen LogP contribution in [0.4, 0.5) is 0 Å². The van der Waals surface area contributed by atoms with Gasteiger partial charge in [-0.3, -0.25) is 0 Å². The minimum absolute atomic E-state index is 0. The third-order valence-corrected chi connectivity index (χ3v) is 0. The Labute approximate surface area is 44.2 Å². The normalized spacial score (nSPS) is 7.00. The third-order valence-electron chi connectivity index (χ3n) is 0. The van der Waals surface area contributed by atoms with Gasteiger partial charge in [-0.1, -0.05) is 0 Å². The molecule has 5 heavy (non-hydrogen) atoms. The number of rotatable bonds is 0. The molecule has 0 aliphatic rings. The molecule has 0 fully saturated rings. The summed E-state index contributed by atoms with van der Waals surface area (Å²) in [5, 5.41) is 0. The van der Waals surface area contributed by atoms with Crippen LogP contribution in [-0.4, -0.2) is 0 Å². The van der Waals surface area contributed by atoms with Gasteiger partial charge in [0.25, 0.3) is 0 Å². The molecule has 0 saturated carbocycles. The van der Waals surface area contributed by atoms with E-state index in [-0.39, 0.29) is 17.1 Å². The first-order chi connectivity index (χ1) is 1.73. The first kappa shape index (κ1) is 9.23. The molecule has 0 aromatic carbocycles. The summed E-state index contributed by atoms with van der Waals surface area (Å²) < 4.78 is 25.6. The summed E-state index contributed by atoms with van der Waals surface area (Å²) in [4.78, 5) is 0. The van der Waals surface area contributed by atoms with Crippen molar-refractivity contribution >= 4 is 0 Å². The van der Waals surface area contributed by atoms with Crippen molar-refractivity contribution in [3.05, 3.63) is 0 Å². The van der Waals surface area contributed by atoms with Crippen LogP contribution in [0.25, 0.3) is 0 Å². The second kappa shape index (κ2) is 4.76. The van der Waals surface area contributed by atoms with Gasteiger partial charge in [-0.15, -0.1) is 0 Å². The first-order valence-electron chi connectivity index (χ1n) is 0.463. The molecule has 0 amide bonds. The Morgan fingerprint density at radius 3 is 1.40 bits per heavy atom. The molecule has 0 atom stereocenters. The van der Waals surface area contributed by atoms with Gasteiger partial charge in [0.2, 0.25) is 0 Å². The van der Waals surface area contributed by atoms with E-state index >= 15 is 0 Å². The van der Waals surface area contributed by atoms with Crippen molar-refractivity contribution in [2.75, 3.05) is 0 Å². The van der Waals surface area contributed by atoms with Gasteiger partial charge >= 0.3 is 43.8 Å². The Hall–Kier alpha value is 0.759. The minimum atomic E-state index is -3.65. The van der Waals surface area contributed by atoms with Gasteiger partial charge < -0.3 is 0 Å². The summed E-state index contributed by atoms with van der Waals surface area (Å²) >= 11 is -3.65. The fourth-order valence-electron chi connectivity index (χ4n) is 0. The molecule has 0 aliphatic heterocycles. The van der Waals surface area contributed by atoms with Gasteiger partial charge in [-0.2, -0.15) is 0 Å². The van der Waals surface area contributed by atoms with E-state index in [0.717, 1.165) is 0 Å². The Morgan fingerprint density at radius 2 is 1.40 bits per heavy atom. The average molecular weight is 158 g/mol. The second-order valence-electron chi connectivity index (χ2n) is 0.189. The van der Waals surface area contributed by atoms with Crippen LogP contribution in [0.2, 0.25) is 0 Å². The summed E-state index contributed by atoms with van der Waals surface area (Å²) in [6.07, 6.45) is 0. The summed E-state index contributed by atoms with van der Waals surface area (Å²) in [6.45, 7) is 0. The van der Waals surface area contributed by atoms with E-state index in [2.05, 4.69) is 0 Å². The number of hydrogen-bond acceptors (Lipinski definition) is 3. The summed E-state index contributed by atoms with van der Waals surface area (Å²) in [5.74, 6) is 0. The molecule has 0 aromatic heterocycles. The molecule has 0 aliphatic carbocycles. The Balaban J connectivity index is 0. The van der Waals surface area contributed by atoms with E-state index in [4.69, 9.17) is 12.2 Å². The molecule has 1 radical (unpaired) electrons. The molecule has 5 heteroatoms. The van der Waals surface area contributed by atoms with Gasteiger partial charge in [-0.25, -0.2) is 0 Å². The zero-order valence-electron chi connectivity index (χ0n) is 1.98. The Bertz CT molecular complexity index is 27.9. The molecule has 0 bridgehead atoms. The predicted molar refractivity (Wildman–Crippen MR) is 0.686 cm³/mol. The van der Waals surface area contributed by atoms with Gasteiger partial charge in [-0.05, 0) is 0 Å².